The number of nitrogens with two attached hydrogens (primary N) is 1. The Kier molecular flexibility index (Phi) is 4.67. The maximum Gasteiger partial charge on any atom is 0.256 e. The maximum atomic E-state index is 12.3. The number of anilines is 2. The summed E-state index contributed by atoms with van der Waals surface area (Å²) in [5, 5.41) is 2.79. The Morgan fingerprint density at radius 3 is 2.65 bits per heavy atom. The van der Waals surface area contributed by atoms with Crippen molar-refractivity contribution in [3.05, 3.63) is 50.9 Å². The van der Waals surface area contributed by atoms with Gasteiger partial charge in [-0.25, -0.2) is 0 Å². The van der Waals surface area contributed by atoms with Crippen LogP contribution in [-0.2, 0) is 0 Å². The molecule has 2 aromatic rings. The van der Waals surface area contributed by atoms with E-state index < -0.39 is 0 Å². The molecule has 20 heavy (non-hydrogen) atoms. The number of ether oxygens (including phenoxy) is 1. The summed E-state index contributed by atoms with van der Waals surface area (Å²) in [6.07, 6.45) is 0. The number of nitrogen functional groups attached to an aromatic ring is 1. The Morgan fingerprint density at radius 2 is 1.95 bits per heavy atom. The molecule has 3 N–H and O–H groups in total. The van der Waals surface area contributed by atoms with E-state index in [-0.39, 0.29) is 5.91 Å². The molecular weight excluding hydrogens is 388 g/mol. The lowest BCUT2D eigenvalue weighted by Crippen LogP contribution is -2.13. The van der Waals surface area contributed by atoms with Crippen LogP contribution in [0.25, 0.3) is 0 Å². The molecule has 2 rings (SSSR count). The zero-order chi connectivity index (χ0) is 14.7. The first-order valence-corrected chi connectivity index (χ1v) is 7.30. The minimum Gasteiger partial charge on any atom is -0.495 e. The normalized spacial score (nSPS) is 10.2. The molecule has 0 atom stereocenters. The highest BCUT2D eigenvalue weighted by Crippen LogP contribution is 2.28. The number of hydrogen-bond acceptors (Lipinski definition) is 3. The van der Waals surface area contributed by atoms with Gasteiger partial charge in [0.05, 0.1) is 18.4 Å². The monoisotopic (exact) mass is 398 g/mol. The van der Waals surface area contributed by atoms with Crippen molar-refractivity contribution in [3.63, 3.8) is 0 Å². The standard InChI is InChI=1S/C14H12Br2N2O2/c1-20-13-5-3-9(17)7-12(13)18-14(19)10-6-8(15)2-4-11(10)16/h2-7H,17H2,1H3,(H,18,19). The van der Waals surface area contributed by atoms with Gasteiger partial charge in [0.15, 0.2) is 0 Å². The molecule has 0 aliphatic carbocycles. The van der Waals surface area contributed by atoms with Crippen LogP contribution in [0.5, 0.6) is 5.75 Å². The van der Waals surface area contributed by atoms with Gasteiger partial charge in [-0.2, -0.15) is 0 Å². The van der Waals surface area contributed by atoms with Crippen LogP contribution in [-0.4, -0.2) is 13.0 Å². The van der Waals surface area contributed by atoms with Crippen LogP contribution in [0.2, 0.25) is 0 Å². The topological polar surface area (TPSA) is 64.3 Å². The molecule has 2 aromatic carbocycles. The molecule has 0 radical (unpaired) electrons. The number of amides is 1. The Labute approximate surface area is 133 Å². The molecule has 0 aromatic heterocycles. The Bertz CT molecular complexity index is 660. The number of methoxy groups -OCH3 is 1. The van der Waals surface area contributed by atoms with E-state index in [1.54, 1.807) is 30.3 Å². The van der Waals surface area contributed by atoms with E-state index >= 15 is 0 Å². The second kappa shape index (κ2) is 6.28. The van der Waals surface area contributed by atoms with Gasteiger partial charge in [-0.3, -0.25) is 4.79 Å². The summed E-state index contributed by atoms with van der Waals surface area (Å²) >= 11 is 6.70. The number of halogens is 2. The molecule has 4 nitrogen and oxygen atoms in total. The molecule has 1 amide bonds. The number of carbonyl (C=O) groups is 1. The molecule has 0 fully saturated rings. The van der Waals surface area contributed by atoms with Crippen LogP contribution in [0.3, 0.4) is 0 Å². The second-order valence-corrected chi connectivity index (χ2v) is 5.81. The molecule has 6 heteroatoms. The van der Waals surface area contributed by atoms with Crippen molar-refractivity contribution in [1.82, 2.24) is 0 Å². The van der Waals surface area contributed by atoms with Gasteiger partial charge >= 0.3 is 0 Å². The first-order chi connectivity index (χ1) is 9.51. The third-order valence-electron chi connectivity index (χ3n) is 2.64. The average Bonchev–Trinajstić information content (AvgIpc) is 2.41. The average molecular weight is 400 g/mol. The lowest BCUT2D eigenvalue weighted by molar-refractivity contribution is 0.102. The number of carbonyl (C=O) groups excluding carboxylic acids is 1. The van der Waals surface area contributed by atoms with E-state index in [1.165, 1.54) is 7.11 Å². The van der Waals surface area contributed by atoms with Crippen LogP contribution in [0, 0.1) is 0 Å². The summed E-state index contributed by atoms with van der Waals surface area (Å²) in [4.78, 5) is 12.3. The minimum atomic E-state index is -0.248. The van der Waals surface area contributed by atoms with E-state index in [0.717, 1.165) is 4.47 Å². The van der Waals surface area contributed by atoms with Gasteiger partial charge in [0.25, 0.3) is 5.91 Å². The quantitative estimate of drug-likeness (QED) is 0.765. The Hall–Kier alpha value is -1.53. The van der Waals surface area contributed by atoms with Crippen molar-refractivity contribution in [3.8, 4) is 5.75 Å². The summed E-state index contributed by atoms with van der Waals surface area (Å²) in [5.74, 6) is 0.306. The third kappa shape index (κ3) is 3.32. The van der Waals surface area contributed by atoms with Gasteiger partial charge in [-0.1, -0.05) is 15.9 Å². The molecule has 0 saturated heterocycles. The summed E-state index contributed by atoms with van der Waals surface area (Å²) in [6, 6.07) is 10.5. The predicted molar refractivity (Wildman–Crippen MR) is 87.2 cm³/mol. The van der Waals surface area contributed by atoms with Crippen LogP contribution < -0.4 is 15.8 Å². The highest BCUT2D eigenvalue weighted by atomic mass is 79.9. The summed E-state index contributed by atoms with van der Waals surface area (Å²) in [5.41, 5.74) is 7.33. The fraction of sp³-hybridized carbons (Fsp3) is 0.0714. The fourth-order valence-electron chi connectivity index (χ4n) is 1.68. The van der Waals surface area contributed by atoms with Crippen molar-refractivity contribution >= 4 is 49.1 Å². The number of benzene rings is 2. The molecule has 0 aliphatic heterocycles. The highest BCUT2D eigenvalue weighted by Gasteiger charge is 2.13. The highest BCUT2D eigenvalue weighted by molar-refractivity contribution is 9.11. The third-order valence-corrected chi connectivity index (χ3v) is 3.83. The summed E-state index contributed by atoms with van der Waals surface area (Å²) in [7, 11) is 1.54. The largest absolute Gasteiger partial charge is 0.495 e. The lowest BCUT2D eigenvalue weighted by atomic mass is 10.2. The van der Waals surface area contributed by atoms with E-state index in [1.807, 2.05) is 6.07 Å². The fourth-order valence-corrected chi connectivity index (χ4v) is 2.47. The molecule has 0 unspecified atom stereocenters. The zero-order valence-electron chi connectivity index (χ0n) is 10.6. The SMILES string of the molecule is COc1ccc(N)cc1NC(=O)c1cc(Br)ccc1Br. The smallest absolute Gasteiger partial charge is 0.256 e. The summed E-state index contributed by atoms with van der Waals surface area (Å²) in [6.45, 7) is 0. The zero-order valence-corrected chi connectivity index (χ0v) is 13.8. The van der Waals surface area contributed by atoms with Crippen molar-refractivity contribution in [1.29, 1.82) is 0 Å². The molecule has 0 heterocycles. The van der Waals surface area contributed by atoms with Gasteiger partial charge < -0.3 is 15.8 Å². The van der Waals surface area contributed by atoms with Gasteiger partial charge in [-0.15, -0.1) is 0 Å². The molecule has 0 spiro atoms. The van der Waals surface area contributed by atoms with E-state index in [9.17, 15) is 4.79 Å². The van der Waals surface area contributed by atoms with Crippen molar-refractivity contribution < 1.29 is 9.53 Å². The number of hydrogen-bond donors (Lipinski definition) is 2. The van der Waals surface area contributed by atoms with Gasteiger partial charge in [0.2, 0.25) is 0 Å². The van der Waals surface area contributed by atoms with Crippen molar-refractivity contribution in [2.45, 2.75) is 0 Å². The minimum absolute atomic E-state index is 0.248. The molecule has 0 aliphatic rings. The first-order valence-electron chi connectivity index (χ1n) is 5.71. The Morgan fingerprint density at radius 1 is 1.20 bits per heavy atom. The number of nitrogens with one attached hydrogen (secondary N) is 1. The van der Waals surface area contributed by atoms with Crippen LogP contribution in [0.1, 0.15) is 10.4 Å². The molecule has 0 saturated carbocycles. The second-order valence-electron chi connectivity index (χ2n) is 4.04. The van der Waals surface area contributed by atoms with E-state index in [4.69, 9.17) is 10.5 Å². The van der Waals surface area contributed by atoms with Crippen LogP contribution >= 0.6 is 31.9 Å². The maximum absolute atomic E-state index is 12.3. The van der Waals surface area contributed by atoms with Crippen molar-refractivity contribution in [2.75, 3.05) is 18.2 Å². The van der Waals surface area contributed by atoms with Crippen LogP contribution in [0.4, 0.5) is 11.4 Å². The van der Waals surface area contributed by atoms with Crippen LogP contribution in [0.15, 0.2) is 45.3 Å². The van der Waals surface area contributed by atoms with Crippen molar-refractivity contribution in [2.24, 2.45) is 0 Å². The molecular formula is C14H12Br2N2O2. The lowest BCUT2D eigenvalue weighted by Gasteiger charge is -2.12. The molecule has 0 bridgehead atoms. The first kappa shape index (κ1) is 14.9. The summed E-state index contributed by atoms with van der Waals surface area (Å²) < 4.78 is 6.73. The van der Waals surface area contributed by atoms with Gasteiger partial charge in [0, 0.05) is 14.6 Å². The predicted octanol–water partition coefficient (Wildman–Crippen LogP) is 4.05. The molecule has 104 valence electrons. The van der Waals surface area contributed by atoms with E-state index in [0.29, 0.717) is 27.2 Å². The number of rotatable bonds is 3. The van der Waals surface area contributed by atoms with E-state index in [2.05, 4.69) is 37.2 Å². The van der Waals surface area contributed by atoms with Gasteiger partial charge in [-0.05, 0) is 52.3 Å². The Balaban J connectivity index is 2.32. The van der Waals surface area contributed by atoms with Gasteiger partial charge in [0.1, 0.15) is 5.75 Å².